The fourth-order valence-electron chi connectivity index (χ4n) is 4.75. The summed E-state index contributed by atoms with van der Waals surface area (Å²) in [6.07, 6.45) is 3.48. The number of aryl methyl sites for hydroxylation is 1. The number of imidazole rings is 1. The maximum Gasteiger partial charge on any atom is 0.227 e. The van der Waals surface area contributed by atoms with Gasteiger partial charge in [-0.2, -0.15) is 0 Å². The van der Waals surface area contributed by atoms with E-state index in [-0.39, 0.29) is 5.91 Å². The van der Waals surface area contributed by atoms with Gasteiger partial charge in [0.15, 0.2) is 0 Å². The molecule has 4 nitrogen and oxygen atoms in total. The number of amides is 1. The Bertz CT molecular complexity index is 1010. The molecule has 0 unspecified atom stereocenters. The molecule has 142 valence electrons. The summed E-state index contributed by atoms with van der Waals surface area (Å²) in [5.74, 6) is 2.46. The van der Waals surface area contributed by atoms with Gasteiger partial charge < -0.3 is 9.47 Å². The third-order valence-corrected chi connectivity index (χ3v) is 6.40. The average Bonchev–Trinajstić information content (AvgIpc) is 3.32. The molecule has 1 saturated heterocycles. The molecular weight excluding hydrogens is 346 g/mol. The summed E-state index contributed by atoms with van der Waals surface area (Å²) in [6.45, 7) is 4.76. The summed E-state index contributed by atoms with van der Waals surface area (Å²) in [5, 5.41) is 0. The van der Waals surface area contributed by atoms with E-state index < -0.39 is 0 Å². The summed E-state index contributed by atoms with van der Waals surface area (Å²) in [7, 11) is 0. The van der Waals surface area contributed by atoms with Gasteiger partial charge in [-0.3, -0.25) is 4.79 Å². The van der Waals surface area contributed by atoms with Gasteiger partial charge in [-0.25, -0.2) is 4.98 Å². The minimum absolute atomic E-state index is 0.254. The van der Waals surface area contributed by atoms with Crippen LogP contribution in [0.15, 0.2) is 60.8 Å². The van der Waals surface area contributed by atoms with E-state index in [0.717, 1.165) is 37.4 Å². The van der Waals surface area contributed by atoms with Gasteiger partial charge >= 0.3 is 0 Å². The quantitative estimate of drug-likeness (QED) is 0.704. The van der Waals surface area contributed by atoms with Crippen molar-refractivity contribution in [3.8, 4) is 11.3 Å². The fourth-order valence-corrected chi connectivity index (χ4v) is 4.75. The average molecular weight is 371 g/mol. The summed E-state index contributed by atoms with van der Waals surface area (Å²) >= 11 is 0. The summed E-state index contributed by atoms with van der Waals surface area (Å²) in [5.41, 5.74) is 4.74. The highest BCUT2D eigenvalue weighted by molar-refractivity contribution is 5.79. The summed E-state index contributed by atoms with van der Waals surface area (Å²) in [6, 6.07) is 18.7. The lowest BCUT2D eigenvalue weighted by Crippen LogP contribution is -2.30. The Balaban J connectivity index is 1.32. The Kier molecular flexibility index (Phi) is 4.27. The standard InChI is InChI=1S/C24H25N3O/c1-17-7-5-6-10-19(17)12-24(28)26-14-20-11-23-25-13-22(18-8-3-2-4-9-18)27(23)16-21(20)15-26/h2-10,13,20-21H,11-12,14-16H2,1H3/t20-,21-/m0/s1. The number of benzene rings is 2. The molecule has 1 aromatic heterocycles. The third kappa shape index (κ3) is 3.03. The highest BCUT2D eigenvalue weighted by Crippen LogP contribution is 2.35. The van der Waals surface area contributed by atoms with Crippen LogP contribution in [0.25, 0.3) is 11.3 Å². The molecule has 2 atom stereocenters. The maximum atomic E-state index is 12.9. The second kappa shape index (κ2) is 6.93. The number of rotatable bonds is 3. The van der Waals surface area contributed by atoms with Gasteiger partial charge in [-0.15, -0.1) is 0 Å². The zero-order valence-electron chi connectivity index (χ0n) is 16.2. The second-order valence-corrected chi connectivity index (χ2v) is 8.16. The molecule has 1 amide bonds. The number of nitrogens with zero attached hydrogens (tertiary/aromatic N) is 3. The van der Waals surface area contributed by atoms with Gasteiger partial charge in [-0.1, -0.05) is 54.6 Å². The van der Waals surface area contributed by atoms with E-state index in [1.807, 2.05) is 24.4 Å². The number of carbonyl (C=O) groups is 1. The first-order chi connectivity index (χ1) is 13.7. The van der Waals surface area contributed by atoms with Crippen molar-refractivity contribution in [1.29, 1.82) is 0 Å². The molecule has 2 aliphatic rings. The number of fused-ring (bicyclic) bond motifs is 2. The van der Waals surface area contributed by atoms with Crippen LogP contribution in [0, 0.1) is 18.8 Å². The van der Waals surface area contributed by atoms with Gasteiger partial charge in [0.1, 0.15) is 5.82 Å². The molecule has 2 aromatic carbocycles. The van der Waals surface area contributed by atoms with Crippen LogP contribution < -0.4 is 0 Å². The van der Waals surface area contributed by atoms with Crippen LogP contribution >= 0.6 is 0 Å². The molecule has 28 heavy (non-hydrogen) atoms. The van der Waals surface area contributed by atoms with Crippen LogP contribution in [0.1, 0.15) is 17.0 Å². The molecule has 0 spiro atoms. The van der Waals surface area contributed by atoms with Crippen LogP contribution in [-0.4, -0.2) is 33.4 Å². The molecule has 0 saturated carbocycles. The Morgan fingerprint density at radius 1 is 1.00 bits per heavy atom. The molecule has 5 rings (SSSR count). The van der Waals surface area contributed by atoms with Crippen LogP contribution in [0.5, 0.6) is 0 Å². The zero-order chi connectivity index (χ0) is 19.1. The third-order valence-electron chi connectivity index (χ3n) is 6.40. The van der Waals surface area contributed by atoms with Crippen molar-refractivity contribution >= 4 is 5.91 Å². The van der Waals surface area contributed by atoms with E-state index in [0.29, 0.717) is 18.3 Å². The van der Waals surface area contributed by atoms with E-state index >= 15 is 0 Å². The molecule has 1 fully saturated rings. The van der Waals surface area contributed by atoms with Crippen LogP contribution in [0.4, 0.5) is 0 Å². The van der Waals surface area contributed by atoms with Crippen molar-refractivity contribution in [1.82, 2.24) is 14.5 Å². The maximum absolute atomic E-state index is 12.9. The normalized spacial score (nSPS) is 20.7. The predicted molar refractivity (Wildman–Crippen MR) is 110 cm³/mol. The molecule has 3 aromatic rings. The van der Waals surface area contributed by atoms with Crippen LogP contribution in [0.3, 0.4) is 0 Å². The summed E-state index contributed by atoms with van der Waals surface area (Å²) < 4.78 is 2.37. The van der Waals surface area contributed by atoms with Gasteiger partial charge in [0, 0.05) is 26.1 Å². The van der Waals surface area contributed by atoms with Crippen molar-refractivity contribution in [2.45, 2.75) is 26.3 Å². The molecule has 0 radical (unpaired) electrons. The molecule has 2 aliphatic heterocycles. The van der Waals surface area contributed by atoms with Gasteiger partial charge in [0.05, 0.1) is 18.3 Å². The van der Waals surface area contributed by atoms with E-state index in [1.54, 1.807) is 0 Å². The molecule has 4 heteroatoms. The second-order valence-electron chi connectivity index (χ2n) is 8.16. The van der Waals surface area contributed by atoms with Gasteiger partial charge in [0.25, 0.3) is 0 Å². The number of likely N-dealkylation sites (tertiary alicyclic amines) is 1. The Morgan fingerprint density at radius 2 is 1.75 bits per heavy atom. The highest BCUT2D eigenvalue weighted by atomic mass is 16.2. The molecule has 0 aliphatic carbocycles. The molecule has 0 N–H and O–H groups in total. The Hall–Kier alpha value is -2.88. The number of hydrogen-bond acceptors (Lipinski definition) is 2. The lowest BCUT2D eigenvalue weighted by atomic mass is 9.89. The number of aromatic nitrogens is 2. The molecule has 0 bridgehead atoms. The first kappa shape index (κ1) is 17.2. The largest absolute Gasteiger partial charge is 0.342 e. The summed E-state index contributed by atoms with van der Waals surface area (Å²) in [4.78, 5) is 19.7. The SMILES string of the molecule is Cc1ccccc1CC(=O)N1C[C@@H]2Cc3ncc(-c4ccccc4)n3C[C@@H]2C1. The van der Waals surface area contributed by atoms with Crippen molar-refractivity contribution in [2.24, 2.45) is 11.8 Å². The Labute approximate surface area is 165 Å². The zero-order valence-corrected chi connectivity index (χ0v) is 16.2. The molecule has 3 heterocycles. The van der Waals surface area contributed by atoms with Gasteiger partial charge in [-0.05, 0) is 35.4 Å². The fraction of sp³-hybridized carbons (Fsp3) is 0.333. The minimum atomic E-state index is 0.254. The predicted octanol–water partition coefficient (Wildman–Crippen LogP) is 3.73. The van der Waals surface area contributed by atoms with Gasteiger partial charge in [0.2, 0.25) is 5.91 Å². The topological polar surface area (TPSA) is 38.1 Å². The van der Waals surface area contributed by atoms with Crippen molar-refractivity contribution in [3.05, 3.63) is 77.7 Å². The molecular formula is C24H25N3O. The van der Waals surface area contributed by atoms with Crippen LogP contribution in [-0.2, 0) is 24.2 Å². The number of carbonyl (C=O) groups excluding carboxylic acids is 1. The first-order valence-corrected chi connectivity index (χ1v) is 10.1. The highest BCUT2D eigenvalue weighted by Gasteiger charge is 2.39. The Morgan fingerprint density at radius 3 is 2.57 bits per heavy atom. The smallest absolute Gasteiger partial charge is 0.227 e. The first-order valence-electron chi connectivity index (χ1n) is 10.1. The van der Waals surface area contributed by atoms with Crippen molar-refractivity contribution in [3.63, 3.8) is 0 Å². The van der Waals surface area contributed by atoms with E-state index in [1.165, 1.54) is 16.8 Å². The minimum Gasteiger partial charge on any atom is -0.342 e. The van der Waals surface area contributed by atoms with Crippen molar-refractivity contribution in [2.75, 3.05) is 13.1 Å². The lowest BCUT2D eigenvalue weighted by molar-refractivity contribution is -0.129. The lowest BCUT2D eigenvalue weighted by Gasteiger charge is -2.26. The number of hydrogen-bond donors (Lipinski definition) is 0. The van der Waals surface area contributed by atoms with E-state index in [9.17, 15) is 4.79 Å². The van der Waals surface area contributed by atoms with Crippen molar-refractivity contribution < 1.29 is 4.79 Å². The van der Waals surface area contributed by atoms with E-state index in [2.05, 4.69) is 52.8 Å². The van der Waals surface area contributed by atoms with Crippen LogP contribution in [0.2, 0.25) is 0 Å². The monoisotopic (exact) mass is 371 g/mol. The van der Waals surface area contributed by atoms with E-state index in [4.69, 9.17) is 4.98 Å².